The molecule has 6 nitrogen and oxygen atoms in total. The van der Waals surface area contributed by atoms with Crippen molar-refractivity contribution in [1.82, 2.24) is 20.0 Å². The van der Waals surface area contributed by atoms with E-state index in [-0.39, 0.29) is 11.5 Å². The maximum absolute atomic E-state index is 12.5. The molecule has 1 aliphatic heterocycles. The Morgan fingerprint density at radius 3 is 2.61 bits per heavy atom. The van der Waals surface area contributed by atoms with Gasteiger partial charge in [-0.2, -0.15) is 5.10 Å². The molecule has 2 aromatic rings. The molecule has 1 atom stereocenters. The van der Waals surface area contributed by atoms with Crippen molar-refractivity contribution in [3.63, 3.8) is 0 Å². The number of likely N-dealkylation sites (tertiary alicyclic amines) is 1. The predicted octanol–water partition coefficient (Wildman–Crippen LogP) is 1.15. The summed E-state index contributed by atoms with van der Waals surface area (Å²) in [4.78, 5) is 27.0. The number of aryl methyl sites for hydroxylation is 1. The highest BCUT2D eigenvalue weighted by molar-refractivity contribution is 6.04. The first kappa shape index (κ1) is 15.7. The molecule has 0 spiro atoms. The van der Waals surface area contributed by atoms with Gasteiger partial charge in [-0.05, 0) is 38.9 Å². The smallest absolute Gasteiger partial charge is 0.274 e. The molecule has 1 amide bonds. The Balaban J connectivity index is 1.81. The summed E-state index contributed by atoms with van der Waals surface area (Å²) in [6.07, 6.45) is 2.45. The van der Waals surface area contributed by atoms with E-state index in [1.807, 2.05) is 6.07 Å². The molecule has 122 valence electrons. The van der Waals surface area contributed by atoms with E-state index in [9.17, 15) is 9.59 Å². The van der Waals surface area contributed by atoms with E-state index in [1.165, 1.54) is 17.5 Å². The van der Waals surface area contributed by atoms with Crippen molar-refractivity contribution in [2.24, 2.45) is 7.05 Å². The zero-order valence-electron chi connectivity index (χ0n) is 13.6. The molecular formula is C17H22N4O2. The summed E-state index contributed by atoms with van der Waals surface area (Å²) in [6.45, 7) is 4.89. The highest BCUT2D eigenvalue weighted by atomic mass is 16.2. The van der Waals surface area contributed by atoms with Crippen molar-refractivity contribution in [1.29, 1.82) is 0 Å². The second-order valence-corrected chi connectivity index (χ2v) is 6.13. The molecule has 1 unspecified atom stereocenters. The van der Waals surface area contributed by atoms with Crippen molar-refractivity contribution in [2.75, 3.05) is 19.6 Å². The largest absolute Gasteiger partial charge is 0.349 e. The molecule has 2 heterocycles. The number of nitrogens with zero attached hydrogens (tertiary/aromatic N) is 3. The molecule has 3 rings (SSSR count). The standard InChI is InChI=1S/C17H22N4O2/c1-12(21-9-5-6-10-21)11-18-16(22)15-13-7-3-4-8-14(13)17(23)20(2)19-15/h3-4,7-8,12H,5-6,9-11H2,1-2H3,(H,18,22). The lowest BCUT2D eigenvalue weighted by atomic mass is 10.1. The Bertz CT molecular complexity index is 778. The number of carbonyl (C=O) groups excluding carboxylic acids is 1. The van der Waals surface area contributed by atoms with E-state index in [4.69, 9.17) is 0 Å². The van der Waals surface area contributed by atoms with Crippen LogP contribution in [0.25, 0.3) is 10.8 Å². The van der Waals surface area contributed by atoms with Gasteiger partial charge in [0.2, 0.25) is 0 Å². The summed E-state index contributed by atoms with van der Waals surface area (Å²) >= 11 is 0. The fourth-order valence-corrected chi connectivity index (χ4v) is 3.10. The second kappa shape index (κ2) is 6.50. The van der Waals surface area contributed by atoms with Crippen LogP contribution in [0.2, 0.25) is 0 Å². The van der Waals surface area contributed by atoms with E-state index in [0.717, 1.165) is 13.1 Å². The molecule has 0 aliphatic carbocycles. The van der Waals surface area contributed by atoms with Gasteiger partial charge in [-0.25, -0.2) is 4.68 Å². The molecule has 1 N–H and O–H groups in total. The monoisotopic (exact) mass is 314 g/mol. The number of hydrogen-bond acceptors (Lipinski definition) is 4. The van der Waals surface area contributed by atoms with Crippen LogP contribution < -0.4 is 10.9 Å². The van der Waals surface area contributed by atoms with Crippen molar-refractivity contribution in [3.05, 3.63) is 40.3 Å². The third kappa shape index (κ3) is 3.12. The molecule has 0 radical (unpaired) electrons. The van der Waals surface area contributed by atoms with Gasteiger partial charge >= 0.3 is 0 Å². The molecule has 1 fully saturated rings. The fourth-order valence-electron chi connectivity index (χ4n) is 3.10. The number of fused-ring (bicyclic) bond motifs is 1. The van der Waals surface area contributed by atoms with E-state index < -0.39 is 0 Å². The molecule has 1 aromatic carbocycles. The summed E-state index contributed by atoms with van der Waals surface area (Å²) in [7, 11) is 1.57. The Kier molecular flexibility index (Phi) is 4.43. The normalized spacial score (nSPS) is 16.6. The molecule has 23 heavy (non-hydrogen) atoms. The SMILES string of the molecule is CC(CNC(=O)c1nn(C)c(=O)c2ccccc12)N1CCCC1. The topological polar surface area (TPSA) is 67.2 Å². The highest BCUT2D eigenvalue weighted by Crippen LogP contribution is 2.14. The van der Waals surface area contributed by atoms with Crippen LogP contribution in [-0.2, 0) is 7.05 Å². The third-order valence-electron chi connectivity index (χ3n) is 4.49. The highest BCUT2D eigenvalue weighted by Gasteiger charge is 2.20. The van der Waals surface area contributed by atoms with Crippen LogP contribution in [0.1, 0.15) is 30.3 Å². The molecule has 1 aliphatic rings. The maximum Gasteiger partial charge on any atom is 0.274 e. The van der Waals surface area contributed by atoms with Crippen molar-refractivity contribution < 1.29 is 4.79 Å². The van der Waals surface area contributed by atoms with Gasteiger partial charge in [0.05, 0.1) is 5.39 Å². The average Bonchev–Trinajstić information content (AvgIpc) is 3.10. The first-order chi connectivity index (χ1) is 11.1. The molecule has 0 saturated carbocycles. The minimum atomic E-state index is -0.233. The zero-order valence-corrected chi connectivity index (χ0v) is 13.6. The minimum Gasteiger partial charge on any atom is -0.349 e. The Hall–Kier alpha value is -2.21. The lowest BCUT2D eigenvalue weighted by Crippen LogP contribution is -2.41. The number of rotatable bonds is 4. The number of nitrogens with one attached hydrogen (secondary N) is 1. The van der Waals surface area contributed by atoms with Gasteiger partial charge in [-0.3, -0.25) is 14.5 Å². The van der Waals surface area contributed by atoms with Gasteiger partial charge in [-0.1, -0.05) is 18.2 Å². The van der Waals surface area contributed by atoms with Gasteiger partial charge in [0, 0.05) is 25.0 Å². The van der Waals surface area contributed by atoms with Crippen molar-refractivity contribution in [2.45, 2.75) is 25.8 Å². The van der Waals surface area contributed by atoms with E-state index in [0.29, 0.717) is 29.1 Å². The summed E-state index contributed by atoms with van der Waals surface area (Å²) < 4.78 is 1.22. The van der Waals surface area contributed by atoms with Gasteiger partial charge in [0.15, 0.2) is 5.69 Å². The van der Waals surface area contributed by atoms with E-state index in [1.54, 1.807) is 25.2 Å². The van der Waals surface area contributed by atoms with Crippen LogP contribution in [0.15, 0.2) is 29.1 Å². The molecule has 1 aromatic heterocycles. The van der Waals surface area contributed by atoms with E-state index >= 15 is 0 Å². The number of aromatic nitrogens is 2. The van der Waals surface area contributed by atoms with Gasteiger partial charge < -0.3 is 5.32 Å². The fraction of sp³-hybridized carbons (Fsp3) is 0.471. The molecular weight excluding hydrogens is 292 g/mol. The van der Waals surface area contributed by atoms with Gasteiger partial charge in [-0.15, -0.1) is 0 Å². The summed E-state index contributed by atoms with van der Waals surface area (Å²) in [5, 5.41) is 8.23. The van der Waals surface area contributed by atoms with Crippen molar-refractivity contribution >= 4 is 16.7 Å². The molecule has 0 bridgehead atoms. The van der Waals surface area contributed by atoms with Crippen LogP contribution in [-0.4, -0.2) is 46.3 Å². The van der Waals surface area contributed by atoms with Crippen LogP contribution in [0.3, 0.4) is 0 Å². The third-order valence-corrected chi connectivity index (χ3v) is 4.49. The number of benzene rings is 1. The van der Waals surface area contributed by atoms with Crippen LogP contribution in [0.4, 0.5) is 0 Å². The van der Waals surface area contributed by atoms with Crippen LogP contribution >= 0.6 is 0 Å². The second-order valence-electron chi connectivity index (χ2n) is 6.13. The quantitative estimate of drug-likeness (QED) is 0.919. The molecule has 6 heteroatoms. The van der Waals surface area contributed by atoms with Gasteiger partial charge in [0.25, 0.3) is 11.5 Å². The predicted molar refractivity (Wildman–Crippen MR) is 89.6 cm³/mol. The van der Waals surface area contributed by atoms with Gasteiger partial charge in [0.1, 0.15) is 0 Å². The lowest BCUT2D eigenvalue weighted by Gasteiger charge is -2.23. The summed E-state index contributed by atoms with van der Waals surface area (Å²) in [6, 6.07) is 7.40. The number of carbonyl (C=O) groups is 1. The first-order valence-corrected chi connectivity index (χ1v) is 8.06. The van der Waals surface area contributed by atoms with Crippen LogP contribution in [0, 0.1) is 0 Å². The lowest BCUT2D eigenvalue weighted by molar-refractivity contribution is 0.0935. The molecule has 1 saturated heterocycles. The minimum absolute atomic E-state index is 0.192. The van der Waals surface area contributed by atoms with Crippen LogP contribution in [0.5, 0.6) is 0 Å². The summed E-state index contributed by atoms with van der Waals surface area (Å²) in [5.74, 6) is -0.233. The number of amides is 1. The first-order valence-electron chi connectivity index (χ1n) is 8.06. The van der Waals surface area contributed by atoms with E-state index in [2.05, 4.69) is 22.2 Å². The van der Waals surface area contributed by atoms with Crippen molar-refractivity contribution in [3.8, 4) is 0 Å². The average molecular weight is 314 g/mol. The maximum atomic E-state index is 12.5. The zero-order chi connectivity index (χ0) is 16.4. The summed E-state index contributed by atoms with van der Waals surface area (Å²) in [5.41, 5.74) is 0.110. The Labute approximate surface area is 135 Å². The number of hydrogen-bond donors (Lipinski definition) is 1. The Morgan fingerprint density at radius 1 is 1.26 bits per heavy atom. The Morgan fingerprint density at radius 2 is 1.91 bits per heavy atom.